The van der Waals surface area contributed by atoms with Gasteiger partial charge in [-0.05, 0) is 75.4 Å². The summed E-state index contributed by atoms with van der Waals surface area (Å²) in [6, 6.07) is 0. The third kappa shape index (κ3) is 1.74. The van der Waals surface area contributed by atoms with Crippen LogP contribution in [0.4, 0.5) is 0 Å². The molecule has 4 atom stereocenters. The molecule has 3 fully saturated rings. The monoisotopic (exact) mass is 304 g/mol. The minimum atomic E-state index is -0.574. The lowest BCUT2D eigenvalue weighted by atomic mass is 9.49. The first-order chi connectivity index (χ1) is 10.5. The fourth-order valence-corrected chi connectivity index (χ4v) is 6.22. The van der Waals surface area contributed by atoms with E-state index in [2.05, 4.69) is 17.1 Å². The van der Waals surface area contributed by atoms with Crippen LogP contribution in [0.5, 0.6) is 0 Å². The molecule has 0 unspecified atom stereocenters. The molecule has 1 saturated carbocycles. The smallest absolute Gasteiger partial charge is 0.220 e. The Morgan fingerprint density at radius 1 is 1.36 bits per heavy atom. The summed E-state index contributed by atoms with van der Waals surface area (Å²) >= 11 is 0. The maximum Gasteiger partial charge on any atom is 0.220 e. The van der Waals surface area contributed by atoms with Crippen LogP contribution in [0.3, 0.4) is 0 Å². The molecule has 122 valence electrons. The number of carbonyl (C=O) groups is 1. The number of amides is 1. The molecule has 1 amide bonds. The Hall–Kier alpha value is -0.870. The lowest BCUT2D eigenvalue weighted by Gasteiger charge is -2.68. The molecule has 4 rings (SSSR count). The Labute approximate surface area is 132 Å². The van der Waals surface area contributed by atoms with Gasteiger partial charge in [-0.2, -0.15) is 0 Å². The molecule has 2 aliphatic heterocycles. The molecule has 4 aliphatic rings. The first-order valence-electron chi connectivity index (χ1n) is 8.95. The van der Waals surface area contributed by atoms with Crippen LogP contribution in [0.15, 0.2) is 11.3 Å². The van der Waals surface area contributed by atoms with E-state index in [9.17, 15) is 9.90 Å². The van der Waals surface area contributed by atoms with E-state index >= 15 is 0 Å². The molecule has 2 saturated heterocycles. The van der Waals surface area contributed by atoms with E-state index in [1.54, 1.807) is 6.92 Å². The molecule has 4 heteroatoms. The second kappa shape index (κ2) is 4.81. The molecule has 0 aromatic rings. The van der Waals surface area contributed by atoms with Crippen LogP contribution < -0.4 is 5.32 Å². The van der Waals surface area contributed by atoms with E-state index in [1.807, 2.05) is 0 Å². The minimum absolute atomic E-state index is 0.0309. The SMILES string of the molecule is CC(=O)NC1=C2CCCN3CCC[C@@]4(O)[C@@H](C1)C[C@H](C)C[C@]234. The van der Waals surface area contributed by atoms with Gasteiger partial charge in [-0.25, -0.2) is 0 Å². The normalized spacial score (nSPS) is 44.5. The maximum absolute atomic E-state index is 11.7. The predicted octanol–water partition coefficient (Wildman–Crippen LogP) is 2.19. The molecule has 0 aromatic heterocycles. The zero-order valence-corrected chi connectivity index (χ0v) is 13.8. The summed E-state index contributed by atoms with van der Waals surface area (Å²) in [7, 11) is 0. The molecular formula is C18H28N2O2. The van der Waals surface area contributed by atoms with Gasteiger partial charge in [-0.3, -0.25) is 9.69 Å². The van der Waals surface area contributed by atoms with Crippen molar-refractivity contribution in [3.63, 3.8) is 0 Å². The molecule has 2 heterocycles. The number of nitrogens with one attached hydrogen (secondary N) is 1. The van der Waals surface area contributed by atoms with Crippen LogP contribution in [0.2, 0.25) is 0 Å². The number of aliphatic hydroxyl groups is 1. The van der Waals surface area contributed by atoms with Crippen LogP contribution in [0.25, 0.3) is 0 Å². The van der Waals surface area contributed by atoms with Crippen molar-refractivity contribution in [2.75, 3.05) is 13.1 Å². The number of piperidine rings is 2. The first kappa shape index (κ1) is 14.7. The quantitative estimate of drug-likeness (QED) is 0.781. The van der Waals surface area contributed by atoms with Gasteiger partial charge >= 0.3 is 0 Å². The van der Waals surface area contributed by atoms with E-state index in [0.717, 1.165) is 63.7 Å². The van der Waals surface area contributed by atoms with Gasteiger partial charge in [0, 0.05) is 12.6 Å². The molecular weight excluding hydrogens is 276 g/mol. The largest absolute Gasteiger partial charge is 0.387 e. The van der Waals surface area contributed by atoms with E-state index < -0.39 is 5.60 Å². The summed E-state index contributed by atoms with van der Waals surface area (Å²) in [4.78, 5) is 14.2. The minimum Gasteiger partial charge on any atom is -0.387 e. The van der Waals surface area contributed by atoms with Crippen molar-refractivity contribution >= 4 is 5.91 Å². The lowest BCUT2D eigenvalue weighted by Crippen LogP contribution is -2.76. The summed E-state index contributed by atoms with van der Waals surface area (Å²) < 4.78 is 0. The molecule has 2 bridgehead atoms. The van der Waals surface area contributed by atoms with Crippen molar-refractivity contribution in [3.8, 4) is 0 Å². The summed E-state index contributed by atoms with van der Waals surface area (Å²) in [5, 5.41) is 14.9. The maximum atomic E-state index is 11.7. The fourth-order valence-electron chi connectivity index (χ4n) is 6.22. The standard InChI is InChI=1S/C18H28N2O2/c1-12-9-14-10-16(19-13(2)21)15-5-3-7-20-8-4-6-18(14,22)17(15,20)11-12/h12,14,22H,3-11H2,1-2H3,(H,19,21)/t12-,14+,17+,18+/m0/s1. The zero-order valence-electron chi connectivity index (χ0n) is 13.8. The molecule has 4 nitrogen and oxygen atoms in total. The Morgan fingerprint density at radius 3 is 2.91 bits per heavy atom. The fraction of sp³-hybridized carbons (Fsp3) is 0.833. The Bertz CT molecular complexity index is 541. The summed E-state index contributed by atoms with van der Waals surface area (Å²) in [6.07, 6.45) is 7.21. The van der Waals surface area contributed by atoms with Gasteiger partial charge in [-0.15, -0.1) is 0 Å². The van der Waals surface area contributed by atoms with Crippen molar-refractivity contribution in [2.45, 2.75) is 69.9 Å². The average Bonchev–Trinajstić information content (AvgIpc) is 2.43. The predicted molar refractivity (Wildman–Crippen MR) is 85.1 cm³/mol. The van der Waals surface area contributed by atoms with Crippen molar-refractivity contribution < 1.29 is 9.90 Å². The molecule has 22 heavy (non-hydrogen) atoms. The van der Waals surface area contributed by atoms with Crippen molar-refractivity contribution in [2.24, 2.45) is 11.8 Å². The van der Waals surface area contributed by atoms with Crippen molar-refractivity contribution in [3.05, 3.63) is 11.3 Å². The van der Waals surface area contributed by atoms with Gasteiger partial charge in [0.05, 0.1) is 11.1 Å². The topological polar surface area (TPSA) is 52.6 Å². The lowest BCUT2D eigenvalue weighted by molar-refractivity contribution is -0.203. The van der Waals surface area contributed by atoms with Gasteiger partial charge in [0.2, 0.25) is 5.91 Å². The van der Waals surface area contributed by atoms with E-state index in [-0.39, 0.29) is 11.4 Å². The van der Waals surface area contributed by atoms with Crippen molar-refractivity contribution in [1.29, 1.82) is 0 Å². The number of nitrogens with zero attached hydrogens (tertiary/aromatic N) is 1. The van der Waals surface area contributed by atoms with Gasteiger partial charge in [0.15, 0.2) is 0 Å². The second-order valence-corrected chi connectivity index (χ2v) is 8.06. The molecule has 1 spiro atoms. The van der Waals surface area contributed by atoms with Gasteiger partial charge in [0.25, 0.3) is 0 Å². The zero-order chi connectivity index (χ0) is 15.5. The third-order valence-corrected chi connectivity index (χ3v) is 6.74. The van der Waals surface area contributed by atoms with Crippen LogP contribution in [-0.4, -0.2) is 40.1 Å². The highest BCUT2D eigenvalue weighted by Gasteiger charge is 2.66. The Morgan fingerprint density at radius 2 is 2.14 bits per heavy atom. The number of allylic oxidation sites excluding steroid dienone is 1. The van der Waals surface area contributed by atoms with Crippen LogP contribution >= 0.6 is 0 Å². The van der Waals surface area contributed by atoms with Crippen LogP contribution in [0, 0.1) is 11.8 Å². The number of rotatable bonds is 1. The third-order valence-electron chi connectivity index (χ3n) is 6.74. The summed E-state index contributed by atoms with van der Waals surface area (Å²) in [6.45, 7) is 6.13. The van der Waals surface area contributed by atoms with Gasteiger partial charge in [-0.1, -0.05) is 6.92 Å². The first-order valence-corrected chi connectivity index (χ1v) is 8.95. The molecule has 0 radical (unpaired) electrons. The summed E-state index contributed by atoms with van der Waals surface area (Å²) in [5.41, 5.74) is 1.73. The highest BCUT2D eigenvalue weighted by Crippen LogP contribution is 2.61. The van der Waals surface area contributed by atoms with E-state index in [0.29, 0.717) is 11.8 Å². The molecule has 2 aliphatic carbocycles. The second-order valence-electron chi connectivity index (χ2n) is 8.06. The van der Waals surface area contributed by atoms with Crippen LogP contribution in [0.1, 0.15) is 58.8 Å². The Kier molecular flexibility index (Phi) is 3.22. The highest BCUT2D eigenvalue weighted by atomic mass is 16.3. The van der Waals surface area contributed by atoms with E-state index in [1.165, 1.54) is 5.57 Å². The van der Waals surface area contributed by atoms with Gasteiger partial charge in [0.1, 0.15) is 0 Å². The number of carbonyl (C=O) groups excluding carboxylic acids is 1. The van der Waals surface area contributed by atoms with Crippen LogP contribution in [-0.2, 0) is 4.79 Å². The van der Waals surface area contributed by atoms with Crippen molar-refractivity contribution in [1.82, 2.24) is 10.2 Å². The summed E-state index contributed by atoms with van der Waals surface area (Å²) in [5.74, 6) is 0.976. The van der Waals surface area contributed by atoms with Gasteiger partial charge < -0.3 is 10.4 Å². The average molecular weight is 304 g/mol. The highest BCUT2D eigenvalue weighted by molar-refractivity contribution is 5.75. The Balaban J connectivity index is 1.90. The number of hydrogen-bond donors (Lipinski definition) is 2. The molecule has 0 aromatic carbocycles. The number of hydrogen-bond acceptors (Lipinski definition) is 3. The van der Waals surface area contributed by atoms with E-state index in [4.69, 9.17) is 0 Å². The molecule has 2 N–H and O–H groups in total.